The number of hydrogen-bond acceptors (Lipinski definition) is 2. The van der Waals surface area contributed by atoms with Crippen LogP contribution in [0.4, 0.5) is 0 Å². The Hall–Kier alpha value is -2.43. The van der Waals surface area contributed by atoms with Crippen LogP contribution in [0.3, 0.4) is 0 Å². The fraction of sp³-hybridized carbons (Fsp3) is 0.357. The Morgan fingerprint density at radius 2 is 1.66 bits per heavy atom. The highest BCUT2D eigenvalue weighted by molar-refractivity contribution is 7.89. The second-order valence-corrected chi connectivity index (χ2v) is 10.7. The lowest BCUT2D eigenvalue weighted by molar-refractivity contribution is 0.457. The van der Waals surface area contributed by atoms with Crippen molar-refractivity contribution in [1.82, 2.24) is 4.31 Å². The van der Waals surface area contributed by atoms with Gasteiger partial charge in [-0.05, 0) is 62.6 Å². The van der Waals surface area contributed by atoms with Crippen LogP contribution in [0.1, 0.15) is 42.9 Å². The molecule has 1 heterocycles. The predicted octanol–water partition coefficient (Wildman–Crippen LogP) is 6.56. The van der Waals surface area contributed by atoms with Crippen molar-refractivity contribution in [3.8, 4) is 0 Å². The third kappa shape index (κ3) is 6.08. The molecular weight excluding hydrogens is 414 g/mol. The molecule has 3 nitrogen and oxygen atoms in total. The van der Waals surface area contributed by atoms with Crippen LogP contribution < -0.4 is 0 Å². The lowest BCUT2D eigenvalue weighted by atomic mass is 9.92. The largest absolute Gasteiger partial charge is 0.243 e. The summed E-state index contributed by atoms with van der Waals surface area (Å²) in [5.74, 6) is 0.459. The van der Waals surface area contributed by atoms with Gasteiger partial charge in [0.25, 0.3) is 0 Å². The van der Waals surface area contributed by atoms with Crippen LogP contribution in [0, 0.1) is 25.7 Å². The second-order valence-electron chi connectivity index (χ2n) is 8.78. The molecule has 0 saturated carbocycles. The molecular formula is C28H35NO2S. The van der Waals surface area contributed by atoms with Crippen molar-refractivity contribution in [3.63, 3.8) is 0 Å². The summed E-state index contributed by atoms with van der Waals surface area (Å²) >= 11 is 0. The number of hydrogen-bond donors (Lipinski definition) is 0. The molecule has 0 spiro atoms. The van der Waals surface area contributed by atoms with Crippen molar-refractivity contribution in [2.45, 2.75) is 44.9 Å². The Labute approximate surface area is 194 Å². The third-order valence-corrected chi connectivity index (χ3v) is 8.10. The van der Waals surface area contributed by atoms with E-state index in [4.69, 9.17) is 0 Å². The number of sulfonamides is 1. The van der Waals surface area contributed by atoms with E-state index in [9.17, 15) is 8.42 Å². The van der Waals surface area contributed by atoms with Gasteiger partial charge in [-0.25, -0.2) is 8.42 Å². The minimum absolute atomic E-state index is 0.200. The van der Waals surface area contributed by atoms with Crippen LogP contribution in [0.2, 0.25) is 0 Å². The van der Waals surface area contributed by atoms with Gasteiger partial charge >= 0.3 is 0 Å². The van der Waals surface area contributed by atoms with Gasteiger partial charge in [0, 0.05) is 13.1 Å². The maximum atomic E-state index is 13.2. The van der Waals surface area contributed by atoms with Crippen LogP contribution in [0.25, 0.3) is 6.08 Å². The third-order valence-electron chi connectivity index (χ3n) is 6.25. The molecule has 1 aliphatic rings. The zero-order chi connectivity index (χ0) is 23.1. The van der Waals surface area contributed by atoms with Gasteiger partial charge in [0.05, 0.1) is 4.90 Å². The first-order valence-corrected chi connectivity index (χ1v) is 12.9. The zero-order valence-corrected chi connectivity index (χ0v) is 20.3. The van der Waals surface area contributed by atoms with Crippen molar-refractivity contribution in [3.05, 3.63) is 95.6 Å². The summed E-state index contributed by atoms with van der Waals surface area (Å²) in [5.41, 5.74) is 4.91. The fourth-order valence-electron chi connectivity index (χ4n) is 4.19. The number of nitrogens with zero attached hydrogens (tertiary/aromatic N) is 1. The maximum Gasteiger partial charge on any atom is 0.243 e. The Balaban J connectivity index is 1.71. The first-order chi connectivity index (χ1) is 15.3. The van der Waals surface area contributed by atoms with Gasteiger partial charge in [-0.1, -0.05) is 84.3 Å². The minimum Gasteiger partial charge on any atom is -0.207 e. The van der Waals surface area contributed by atoms with Crippen LogP contribution in [0.5, 0.6) is 0 Å². The molecule has 0 N–H and O–H groups in total. The van der Waals surface area contributed by atoms with E-state index >= 15 is 0 Å². The van der Waals surface area contributed by atoms with E-state index in [2.05, 4.69) is 62.9 Å². The van der Waals surface area contributed by atoms with Gasteiger partial charge in [0.2, 0.25) is 10.0 Å². The summed E-state index contributed by atoms with van der Waals surface area (Å²) < 4.78 is 28.0. The molecule has 1 fully saturated rings. The average Bonchev–Trinajstić information content (AvgIpc) is 3.18. The van der Waals surface area contributed by atoms with Crippen molar-refractivity contribution in [1.29, 1.82) is 0 Å². The summed E-state index contributed by atoms with van der Waals surface area (Å²) in [6.07, 6.45) is 11.3. The topological polar surface area (TPSA) is 37.4 Å². The molecule has 32 heavy (non-hydrogen) atoms. The fourth-order valence-corrected chi connectivity index (χ4v) is 5.72. The Bertz CT molecular complexity index is 1060. The van der Waals surface area contributed by atoms with E-state index in [0.717, 1.165) is 24.8 Å². The standard InChI is InChI=1S/C28H35NO2S/c1-5-8-26-20-29(32(30,31)28-17-13-23(4)14-18-28)21-27(26)10-7-9-24(6-2)19-25-15-11-22(3)12-16-25/h5,7,10-19,26-27H,1,6,8-9,20-21H2,2-4H3/b10-7+,24-19+/t26-,27-/m1/s1. The summed E-state index contributed by atoms with van der Waals surface area (Å²) in [5, 5.41) is 0. The van der Waals surface area contributed by atoms with Gasteiger partial charge in [-0.15, -0.1) is 6.58 Å². The predicted molar refractivity (Wildman–Crippen MR) is 135 cm³/mol. The summed E-state index contributed by atoms with van der Waals surface area (Å²) in [7, 11) is -3.48. The molecule has 2 atom stereocenters. The highest BCUT2D eigenvalue weighted by Crippen LogP contribution is 2.32. The van der Waals surface area contributed by atoms with Crippen LogP contribution in [-0.2, 0) is 10.0 Å². The molecule has 1 aliphatic heterocycles. The molecule has 0 bridgehead atoms. The highest BCUT2D eigenvalue weighted by atomic mass is 32.2. The number of allylic oxidation sites excluding steroid dienone is 3. The smallest absolute Gasteiger partial charge is 0.207 e. The molecule has 2 aromatic carbocycles. The normalized spacial score (nSPS) is 20.2. The number of benzene rings is 2. The number of rotatable bonds is 9. The van der Waals surface area contributed by atoms with Crippen molar-refractivity contribution < 1.29 is 8.42 Å². The van der Waals surface area contributed by atoms with Gasteiger partial charge in [-0.2, -0.15) is 4.31 Å². The second kappa shape index (κ2) is 10.9. The van der Waals surface area contributed by atoms with Crippen molar-refractivity contribution >= 4 is 16.1 Å². The molecule has 3 rings (SSSR count). The van der Waals surface area contributed by atoms with E-state index in [-0.39, 0.29) is 11.8 Å². The van der Waals surface area contributed by atoms with Gasteiger partial charge in [0.1, 0.15) is 0 Å². The monoisotopic (exact) mass is 449 g/mol. The summed E-state index contributed by atoms with van der Waals surface area (Å²) in [4.78, 5) is 0.374. The molecule has 0 aliphatic carbocycles. The maximum absolute atomic E-state index is 13.2. The van der Waals surface area contributed by atoms with Crippen molar-refractivity contribution in [2.24, 2.45) is 11.8 Å². The Kier molecular flexibility index (Phi) is 8.27. The molecule has 0 aromatic heterocycles. The highest BCUT2D eigenvalue weighted by Gasteiger charge is 2.37. The van der Waals surface area contributed by atoms with E-state index in [1.807, 2.05) is 25.1 Å². The van der Waals surface area contributed by atoms with Crippen LogP contribution >= 0.6 is 0 Å². The van der Waals surface area contributed by atoms with Gasteiger partial charge in [0.15, 0.2) is 0 Å². The number of aryl methyl sites for hydroxylation is 2. The van der Waals surface area contributed by atoms with E-state index < -0.39 is 10.0 Å². The molecule has 170 valence electrons. The first-order valence-electron chi connectivity index (χ1n) is 11.4. The van der Waals surface area contributed by atoms with E-state index in [1.165, 1.54) is 16.7 Å². The molecule has 1 saturated heterocycles. The van der Waals surface area contributed by atoms with Crippen molar-refractivity contribution in [2.75, 3.05) is 13.1 Å². The molecule has 0 radical (unpaired) electrons. The molecule has 2 aromatic rings. The molecule has 0 unspecified atom stereocenters. The summed E-state index contributed by atoms with van der Waals surface area (Å²) in [6, 6.07) is 15.7. The van der Waals surface area contributed by atoms with Gasteiger partial charge in [-0.3, -0.25) is 0 Å². The molecule has 0 amide bonds. The lowest BCUT2D eigenvalue weighted by Gasteiger charge is -2.16. The Morgan fingerprint density at radius 1 is 1.03 bits per heavy atom. The minimum atomic E-state index is -3.48. The summed E-state index contributed by atoms with van der Waals surface area (Å²) in [6.45, 7) is 11.2. The quantitative estimate of drug-likeness (QED) is 0.407. The zero-order valence-electron chi connectivity index (χ0n) is 19.5. The van der Waals surface area contributed by atoms with Gasteiger partial charge < -0.3 is 0 Å². The van der Waals surface area contributed by atoms with E-state index in [1.54, 1.807) is 16.4 Å². The first kappa shape index (κ1) is 24.2. The Morgan fingerprint density at radius 3 is 2.25 bits per heavy atom. The molecule has 4 heteroatoms. The van der Waals surface area contributed by atoms with Crippen LogP contribution in [-0.4, -0.2) is 25.8 Å². The average molecular weight is 450 g/mol. The lowest BCUT2D eigenvalue weighted by Crippen LogP contribution is -2.29. The van der Waals surface area contributed by atoms with Crippen LogP contribution in [0.15, 0.2) is 83.8 Å². The van der Waals surface area contributed by atoms with E-state index in [0.29, 0.717) is 18.0 Å². The SMILES string of the molecule is C=CC[C@@H]1CN(S(=O)(=O)c2ccc(C)cc2)C[C@H]1/C=C/C/C(=C/c1ccc(C)cc1)CC.